The van der Waals surface area contributed by atoms with Gasteiger partial charge in [0.15, 0.2) is 0 Å². The number of aryl methyl sites for hydroxylation is 1. The Kier molecular flexibility index (Phi) is 3.48. The molecule has 3 rings (SSSR count). The summed E-state index contributed by atoms with van der Waals surface area (Å²) in [4.78, 5) is 26.8. The summed E-state index contributed by atoms with van der Waals surface area (Å²) in [5, 5.41) is 0. The van der Waals surface area contributed by atoms with Gasteiger partial charge in [0.25, 0.3) is 11.7 Å². The van der Waals surface area contributed by atoms with Crippen molar-refractivity contribution in [3.8, 4) is 0 Å². The average molecular weight is 350 g/mol. The molecule has 1 amide bonds. The van der Waals surface area contributed by atoms with Crippen molar-refractivity contribution in [1.29, 1.82) is 0 Å². The van der Waals surface area contributed by atoms with Gasteiger partial charge in [0.2, 0.25) is 0 Å². The second-order valence-corrected chi connectivity index (χ2v) is 7.18. The zero-order chi connectivity index (χ0) is 14.3. The van der Waals surface area contributed by atoms with E-state index in [-0.39, 0.29) is 0 Å². The SMILES string of the molecule is CCc1ccc2c(c1)C(=O)C(=O)N2Cc1ccc(Br)s1. The Morgan fingerprint density at radius 3 is 2.65 bits per heavy atom. The van der Waals surface area contributed by atoms with Gasteiger partial charge in [0, 0.05) is 4.88 Å². The van der Waals surface area contributed by atoms with Gasteiger partial charge in [0.05, 0.1) is 21.6 Å². The van der Waals surface area contributed by atoms with E-state index in [1.165, 1.54) is 0 Å². The maximum atomic E-state index is 12.1. The lowest BCUT2D eigenvalue weighted by Gasteiger charge is -2.15. The van der Waals surface area contributed by atoms with Crippen LogP contribution in [0.25, 0.3) is 0 Å². The number of fused-ring (bicyclic) bond motifs is 1. The highest BCUT2D eigenvalue weighted by molar-refractivity contribution is 9.11. The Balaban J connectivity index is 1.98. The molecule has 20 heavy (non-hydrogen) atoms. The normalized spacial score (nSPS) is 14.0. The Labute approximate surface area is 129 Å². The van der Waals surface area contributed by atoms with Crippen LogP contribution in [0.1, 0.15) is 27.7 Å². The van der Waals surface area contributed by atoms with Crippen molar-refractivity contribution < 1.29 is 9.59 Å². The number of hydrogen-bond acceptors (Lipinski definition) is 3. The summed E-state index contributed by atoms with van der Waals surface area (Å²) in [6, 6.07) is 9.59. The molecule has 1 aromatic carbocycles. The molecule has 0 bridgehead atoms. The summed E-state index contributed by atoms with van der Waals surface area (Å²) >= 11 is 4.98. The second kappa shape index (κ2) is 5.14. The summed E-state index contributed by atoms with van der Waals surface area (Å²) < 4.78 is 1.02. The molecule has 1 aliphatic rings. The highest BCUT2D eigenvalue weighted by Gasteiger charge is 2.35. The number of carbonyl (C=O) groups is 2. The van der Waals surface area contributed by atoms with E-state index in [0.717, 1.165) is 26.3 Å². The van der Waals surface area contributed by atoms with E-state index in [1.54, 1.807) is 16.2 Å². The van der Waals surface area contributed by atoms with E-state index < -0.39 is 11.7 Å². The van der Waals surface area contributed by atoms with Crippen LogP contribution in [0.15, 0.2) is 34.1 Å². The van der Waals surface area contributed by atoms with Crippen molar-refractivity contribution in [2.75, 3.05) is 4.90 Å². The zero-order valence-corrected chi connectivity index (χ0v) is 13.3. The standard InChI is InChI=1S/C15H12BrNO2S/c1-2-9-3-5-12-11(7-9)14(18)15(19)17(12)8-10-4-6-13(16)20-10/h3-7H,2,8H2,1H3. The van der Waals surface area contributed by atoms with Crippen LogP contribution >= 0.6 is 27.3 Å². The van der Waals surface area contributed by atoms with Crippen LogP contribution in [0.5, 0.6) is 0 Å². The van der Waals surface area contributed by atoms with E-state index in [1.807, 2.05) is 37.3 Å². The summed E-state index contributed by atoms with van der Waals surface area (Å²) in [5.74, 6) is -0.830. The summed E-state index contributed by atoms with van der Waals surface area (Å²) in [5.41, 5.74) is 2.33. The number of nitrogens with zero attached hydrogens (tertiary/aromatic N) is 1. The van der Waals surface area contributed by atoms with Gasteiger partial charge >= 0.3 is 0 Å². The monoisotopic (exact) mass is 349 g/mol. The van der Waals surface area contributed by atoms with Crippen LogP contribution in [0.3, 0.4) is 0 Å². The fraction of sp³-hybridized carbons (Fsp3) is 0.200. The average Bonchev–Trinajstić information content (AvgIpc) is 2.96. The molecule has 0 N–H and O–H groups in total. The fourth-order valence-electron chi connectivity index (χ4n) is 2.32. The molecule has 1 aromatic heterocycles. The van der Waals surface area contributed by atoms with Crippen molar-refractivity contribution >= 4 is 44.6 Å². The number of anilines is 1. The van der Waals surface area contributed by atoms with Crippen LogP contribution in [0.4, 0.5) is 5.69 Å². The number of amides is 1. The van der Waals surface area contributed by atoms with Crippen molar-refractivity contribution in [3.05, 3.63) is 50.1 Å². The van der Waals surface area contributed by atoms with Gasteiger partial charge in [0.1, 0.15) is 0 Å². The molecular formula is C15H12BrNO2S. The summed E-state index contributed by atoms with van der Waals surface area (Å²) in [6.45, 7) is 2.48. The molecule has 5 heteroatoms. The van der Waals surface area contributed by atoms with E-state index >= 15 is 0 Å². The van der Waals surface area contributed by atoms with Crippen LogP contribution < -0.4 is 4.90 Å². The quantitative estimate of drug-likeness (QED) is 0.790. The number of halogens is 1. The molecule has 1 aliphatic heterocycles. The van der Waals surface area contributed by atoms with Crippen LogP contribution in [0.2, 0.25) is 0 Å². The summed E-state index contributed by atoms with van der Waals surface area (Å²) in [7, 11) is 0. The molecule has 102 valence electrons. The molecule has 0 unspecified atom stereocenters. The third-order valence-corrected chi connectivity index (χ3v) is 5.00. The maximum Gasteiger partial charge on any atom is 0.299 e. The third kappa shape index (κ3) is 2.21. The second-order valence-electron chi connectivity index (χ2n) is 4.63. The largest absolute Gasteiger partial charge is 0.300 e. The van der Waals surface area contributed by atoms with Crippen LogP contribution in [0, 0.1) is 0 Å². The topological polar surface area (TPSA) is 37.4 Å². The molecule has 3 nitrogen and oxygen atoms in total. The number of thiophene rings is 1. The van der Waals surface area contributed by atoms with E-state index in [4.69, 9.17) is 0 Å². The molecule has 0 fully saturated rings. The van der Waals surface area contributed by atoms with Gasteiger partial charge in [-0.3, -0.25) is 14.5 Å². The van der Waals surface area contributed by atoms with E-state index in [9.17, 15) is 9.59 Å². The van der Waals surface area contributed by atoms with Gasteiger partial charge in [-0.05, 0) is 52.2 Å². The predicted octanol–water partition coefficient (Wildman–Crippen LogP) is 3.80. The Hall–Kier alpha value is -1.46. The van der Waals surface area contributed by atoms with Crippen molar-refractivity contribution in [3.63, 3.8) is 0 Å². The number of rotatable bonds is 3. The highest BCUT2D eigenvalue weighted by atomic mass is 79.9. The molecule has 0 radical (unpaired) electrons. The smallest absolute Gasteiger partial charge is 0.299 e. The maximum absolute atomic E-state index is 12.1. The fourth-order valence-corrected chi connectivity index (χ4v) is 3.79. The number of hydrogen-bond donors (Lipinski definition) is 0. The number of benzene rings is 1. The van der Waals surface area contributed by atoms with E-state index in [2.05, 4.69) is 15.9 Å². The lowest BCUT2D eigenvalue weighted by Crippen LogP contribution is -2.28. The van der Waals surface area contributed by atoms with Gasteiger partial charge in [-0.2, -0.15) is 0 Å². The zero-order valence-electron chi connectivity index (χ0n) is 10.9. The van der Waals surface area contributed by atoms with Gasteiger partial charge < -0.3 is 0 Å². The van der Waals surface area contributed by atoms with Crippen molar-refractivity contribution in [1.82, 2.24) is 0 Å². The number of ketones is 1. The lowest BCUT2D eigenvalue weighted by atomic mass is 10.1. The number of Topliss-reactive ketones (excluding diaryl/α,β-unsaturated/α-hetero) is 1. The van der Waals surface area contributed by atoms with Crippen LogP contribution in [-0.2, 0) is 17.8 Å². The van der Waals surface area contributed by atoms with Gasteiger partial charge in [-0.1, -0.05) is 13.0 Å². The molecule has 0 saturated carbocycles. The first kappa shape index (κ1) is 13.5. The minimum absolute atomic E-state index is 0.397. The number of carbonyl (C=O) groups excluding carboxylic acids is 2. The first-order valence-electron chi connectivity index (χ1n) is 6.33. The molecular weight excluding hydrogens is 338 g/mol. The molecule has 0 aliphatic carbocycles. The first-order chi connectivity index (χ1) is 9.60. The lowest BCUT2D eigenvalue weighted by molar-refractivity contribution is -0.114. The molecule has 2 heterocycles. The first-order valence-corrected chi connectivity index (χ1v) is 7.94. The Morgan fingerprint density at radius 1 is 1.20 bits per heavy atom. The van der Waals surface area contributed by atoms with Gasteiger partial charge in [-0.15, -0.1) is 11.3 Å². The van der Waals surface area contributed by atoms with Crippen molar-refractivity contribution in [2.24, 2.45) is 0 Å². The molecule has 0 spiro atoms. The van der Waals surface area contributed by atoms with E-state index in [0.29, 0.717) is 12.1 Å². The van der Waals surface area contributed by atoms with Crippen molar-refractivity contribution in [2.45, 2.75) is 19.9 Å². The minimum atomic E-state index is -0.433. The third-order valence-electron chi connectivity index (χ3n) is 3.39. The van der Waals surface area contributed by atoms with Gasteiger partial charge in [-0.25, -0.2) is 0 Å². The van der Waals surface area contributed by atoms with Crippen LogP contribution in [-0.4, -0.2) is 11.7 Å². The molecule has 2 aromatic rings. The predicted molar refractivity (Wildman–Crippen MR) is 83.4 cm³/mol. The Bertz CT molecular complexity index is 708. The molecule has 0 saturated heterocycles. The minimum Gasteiger partial charge on any atom is -0.300 e. The summed E-state index contributed by atoms with van der Waals surface area (Å²) in [6.07, 6.45) is 0.854. The molecule has 0 atom stereocenters. The highest BCUT2D eigenvalue weighted by Crippen LogP contribution is 2.33. The Morgan fingerprint density at radius 2 is 2.00 bits per heavy atom.